The van der Waals surface area contributed by atoms with Crippen LogP contribution in [0.25, 0.3) is 0 Å². The van der Waals surface area contributed by atoms with Crippen molar-refractivity contribution in [1.82, 2.24) is 20.0 Å². The van der Waals surface area contributed by atoms with E-state index in [4.69, 9.17) is 14.6 Å². The minimum Gasteiger partial charge on any atom is -0.496 e. The van der Waals surface area contributed by atoms with Crippen LogP contribution in [0.15, 0.2) is 36.5 Å². The number of benzene rings is 1. The standard InChI is InChI=1S/C21H30N4O2.CH2O2/c1-24-19(11-12-23-24)9-10-21(26)22-14-17-6-5-13-25(15-17)16-18-7-3-4-8-20(18)27-2;2-1-3/h3-4,7-8,11-12,17H,5-6,9-10,13-16H2,1-2H3,(H,22,26);1H,(H,2,3). The molecule has 3 rings (SSSR count). The summed E-state index contributed by atoms with van der Waals surface area (Å²) in [5.74, 6) is 1.58. The van der Waals surface area contributed by atoms with Gasteiger partial charge < -0.3 is 15.2 Å². The van der Waals surface area contributed by atoms with Crippen molar-refractivity contribution in [3.63, 3.8) is 0 Å². The summed E-state index contributed by atoms with van der Waals surface area (Å²) in [6, 6.07) is 10.2. The number of ether oxygens (including phenoxy) is 1. The Kier molecular flexibility index (Phi) is 9.86. The average molecular weight is 417 g/mol. The van der Waals surface area contributed by atoms with Crippen molar-refractivity contribution >= 4 is 12.4 Å². The molecule has 0 radical (unpaired) electrons. The molecular weight excluding hydrogens is 384 g/mol. The van der Waals surface area contributed by atoms with Crippen LogP contribution in [-0.4, -0.2) is 58.9 Å². The maximum atomic E-state index is 12.2. The lowest BCUT2D eigenvalue weighted by Gasteiger charge is -2.33. The van der Waals surface area contributed by atoms with E-state index in [1.54, 1.807) is 13.3 Å². The summed E-state index contributed by atoms with van der Waals surface area (Å²) in [6.45, 7) is 3.52. The summed E-state index contributed by atoms with van der Waals surface area (Å²) in [6.07, 6.45) is 5.35. The van der Waals surface area contributed by atoms with Crippen molar-refractivity contribution in [2.24, 2.45) is 13.0 Å². The van der Waals surface area contributed by atoms with Crippen LogP contribution in [0.4, 0.5) is 0 Å². The smallest absolute Gasteiger partial charge is 0.290 e. The van der Waals surface area contributed by atoms with Gasteiger partial charge in [0.15, 0.2) is 0 Å². The summed E-state index contributed by atoms with van der Waals surface area (Å²) in [7, 11) is 3.63. The second-order valence-electron chi connectivity index (χ2n) is 7.41. The van der Waals surface area contributed by atoms with Gasteiger partial charge in [0.1, 0.15) is 5.75 Å². The van der Waals surface area contributed by atoms with Gasteiger partial charge in [-0.25, -0.2) is 0 Å². The van der Waals surface area contributed by atoms with Gasteiger partial charge in [-0.15, -0.1) is 0 Å². The van der Waals surface area contributed by atoms with Crippen LogP contribution in [0.1, 0.15) is 30.5 Å². The molecule has 1 fully saturated rings. The fourth-order valence-corrected chi connectivity index (χ4v) is 3.77. The minimum atomic E-state index is -0.250. The van der Waals surface area contributed by atoms with E-state index in [-0.39, 0.29) is 12.4 Å². The van der Waals surface area contributed by atoms with Gasteiger partial charge in [-0.2, -0.15) is 5.10 Å². The Hall–Kier alpha value is -2.87. The number of nitrogens with one attached hydrogen (secondary N) is 1. The SMILES string of the molecule is COc1ccccc1CN1CCCC(CNC(=O)CCc2ccnn2C)C1.O=CO. The van der Waals surface area contributed by atoms with Crippen LogP contribution in [0.5, 0.6) is 5.75 Å². The number of piperidine rings is 1. The lowest BCUT2D eigenvalue weighted by Crippen LogP contribution is -2.40. The Morgan fingerprint density at radius 2 is 2.13 bits per heavy atom. The molecule has 8 heteroatoms. The maximum Gasteiger partial charge on any atom is 0.290 e. The predicted molar refractivity (Wildman–Crippen MR) is 114 cm³/mol. The molecule has 8 nitrogen and oxygen atoms in total. The molecule has 0 saturated carbocycles. The summed E-state index contributed by atoms with van der Waals surface area (Å²) < 4.78 is 7.29. The Morgan fingerprint density at radius 3 is 2.83 bits per heavy atom. The monoisotopic (exact) mass is 416 g/mol. The number of rotatable bonds is 8. The molecule has 0 bridgehead atoms. The molecule has 1 unspecified atom stereocenters. The van der Waals surface area contributed by atoms with Gasteiger partial charge in [-0.3, -0.25) is 19.2 Å². The molecule has 1 aromatic heterocycles. The highest BCUT2D eigenvalue weighted by Gasteiger charge is 2.21. The lowest BCUT2D eigenvalue weighted by molar-refractivity contribution is -0.123. The van der Waals surface area contributed by atoms with Crippen LogP contribution >= 0.6 is 0 Å². The number of hydrogen-bond donors (Lipinski definition) is 2. The van der Waals surface area contributed by atoms with E-state index in [0.717, 1.165) is 44.0 Å². The van der Waals surface area contributed by atoms with E-state index in [2.05, 4.69) is 27.4 Å². The number of carbonyl (C=O) groups is 2. The molecule has 1 atom stereocenters. The van der Waals surface area contributed by atoms with Crippen molar-refractivity contribution in [1.29, 1.82) is 0 Å². The Morgan fingerprint density at radius 1 is 1.37 bits per heavy atom. The molecule has 0 aliphatic carbocycles. The quantitative estimate of drug-likeness (QED) is 0.640. The van der Waals surface area contributed by atoms with E-state index >= 15 is 0 Å². The number of nitrogens with zero attached hydrogens (tertiary/aromatic N) is 3. The van der Waals surface area contributed by atoms with E-state index in [1.807, 2.05) is 29.9 Å². The third-order valence-corrected chi connectivity index (χ3v) is 5.31. The molecule has 1 amide bonds. The molecule has 2 aromatic rings. The number of aromatic nitrogens is 2. The van der Waals surface area contributed by atoms with Crippen molar-refractivity contribution in [2.75, 3.05) is 26.7 Å². The molecule has 2 N–H and O–H groups in total. The number of para-hydroxylation sites is 1. The zero-order valence-corrected chi connectivity index (χ0v) is 17.8. The van der Waals surface area contributed by atoms with Gasteiger partial charge in [-0.1, -0.05) is 18.2 Å². The number of carboxylic acid groups (broad SMARTS) is 1. The van der Waals surface area contributed by atoms with Crippen molar-refractivity contribution < 1.29 is 19.4 Å². The Balaban J connectivity index is 0.00000101. The first kappa shape index (κ1) is 23.4. The topological polar surface area (TPSA) is 96.7 Å². The largest absolute Gasteiger partial charge is 0.496 e. The number of amides is 1. The second kappa shape index (κ2) is 12.6. The van der Waals surface area contributed by atoms with Gasteiger partial charge in [0, 0.05) is 50.6 Å². The van der Waals surface area contributed by atoms with Gasteiger partial charge in [-0.05, 0) is 43.9 Å². The molecule has 30 heavy (non-hydrogen) atoms. The highest BCUT2D eigenvalue weighted by Crippen LogP contribution is 2.23. The first-order chi connectivity index (χ1) is 14.6. The van der Waals surface area contributed by atoms with Crippen molar-refractivity contribution in [3.05, 3.63) is 47.8 Å². The van der Waals surface area contributed by atoms with Crippen LogP contribution in [0.3, 0.4) is 0 Å². The van der Waals surface area contributed by atoms with Gasteiger partial charge in [0.05, 0.1) is 7.11 Å². The van der Waals surface area contributed by atoms with Gasteiger partial charge in [0.2, 0.25) is 5.91 Å². The van der Waals surface area contributed by atoms with Crippen molar-refractivity contribution in [3.8, 4) is 5.75 Å². The average Bonchev–Trinajstić information content (AvgIpc) is 3.17. The van der Waals surface area contributed by atoms with E-state index in [9.17, 15) is 4.79 Å². The van der Waals surface area contributed by atoms with Crippen molar-refractivity contribution in [2.45, 2.75) is 32.2 Å². The second-order valence-corrected chi connectivity index (χ2v) is 7.41. The van der Waals surface area contributed by atoms with E-state index in [1.165, 1.54) is 18.4 Å². The number of methoxy groups -OCH3 is 1. The van der Waals surface area contributed by atoms with E-state index < -0.39 is 0 Å². The molecule has 1 aliphatic heterocycles. The number of carbonyl (C=O) groups excluding carboxylic acids is 1. The Bertz CT molecular complexity index is 793. The molecule has 2 heterocycles. The van der Waals surface area contributed by atoms with Crippen LogP contribution in [-0.2, 0) is 29.6 Å². The number of hydrogen-bond acceptors (Lipinski definition) is 5. The third kappa shape index (κ3) is 7.51. The molecule has 1 aromatic carbocycles. The molecule has 0 spiro atoms. The first-order valence-electron chi connectivity index (χ1n) is 10.2. The number of aryl methyl sites for hydroxylation is 2. The zero-order valence-electron chi connectivity index (χ0n) is 17.8. The predicted octanol–water partition coefficient (Wildman–Crippen LogP) is 2.09. The molecule has 1 aliphatic rings. The lowest BCUT2D eigenvalue weighted by atomic mass is 9.97. The first-order valence-corrected chi connectivity index (χ1v) is 10.2. The van der Waals surface area contributed by atoms with Gasteiger partial charge >= 0.3 is 0 Å². The summed E-state index contributed by atoms with van der Waals surface area (Å²) >= 11 is 0. The zero-order chi connectivity index (χ0) is 21.8. The minimum absolute atomic E-state index is 0.123. The Labute approximate surface area is 177 Å². The summed E-state index contributed by atoms with van der Waals surface area (Å²) in [5, 5.41) is 14.1. The highest BCUT2D eigenvalue weighted by atomic mass is 16.5. The molecule has 1 saturated heterocycles. The summed E-state index contributed by atoms with van der Waals surface area (Å²) in [4.78, 5) is 23.0. The summed E-state index contributed by atoms with van der Waals surface area (Å²) in [5.41, 5.74) is 2.31. The van der Waals surface area contributed by atoms with E-state index in [0.29, 0.717) is 12.3 Å². The molecular formula is C22H32N4O4. The molecule has 164 valence electrons. The third-order valence-electron chi connectivity index (χ3n) is 5.31. The maximum absolute atomic E-state index is 12.2. The normalized spacial score (nSPS) is 16.3. The fraction of sp³-hybridized carbons (Fsp3) is 0.500. The number of likely N-dealkylation sites (tertiary alicyclic amines) is 1. The van der Waals surface area contributed by atoms with Crippen LogP contribution in [0.2, 0.25) is 0 Å². The van der Waals surface area contributed by atoms with Crippen LogP contribution < -0.4 is 10.1 Å². The van der Waals surface area contributed by atoms with Gasteiger partial charge in [0.25, 0.3) is 6.47 Å². The highest BCUT2D eigenvalue weighted by molar-refractivity contribution is 5.76. The van der Waals surface area contributed by atoms with Crippen LogP contribution in [0, 0.1) is 5.92 Å². The fourth-order valence-electron chi connectivity index (χ4n) is 3.77.